The lowest BCUT2D eigenvalue weighted by atomic mass is 10.4. The summed E-state index contributed by atoms with van der Waals surface area (Å²) in [4.78, 5) is 11.5. The Hall–Kier alpha value is -0.650. The van der Waals surface area contributed by atoms with Gasteiger partial charge < -0.3 is 16.2 Å². The van der Waals surface area contributed by atoms with E-state index in [9.17, 15) is 4.79 Å². The SMILES string of the molecule is CC(N)=O.NCCN1CCOCC1. The van der Waals surface area contributed by atoms with Crippen molar-refractivity contribution in [1.82, 2.24) is 4.90 Å². The van der Waals surface area contributed by atoms with Crippen LogP contribution in [-0.4, -0.2) is 50.2 Å². The molecule has 4 N–H and O–H groups in total. The predicted molar refractivity (Wildman–Crippen MR) is 51.2 cm³/mol. The van der Waals surface area contributed by atoms with Gasteiger partial charge >= 0.3 is 0 Å². The molecule has 0 radical (unpaired) electrons. The van der Waals surface area contributed by atoms with Gasteiger partial charge in [0.15, 0.2) is 0 Å². The summed E-state index contributed by atoms with van der Waals surface area (Å²) >= 11 is 0. The van der Waals surface area contributed by atoms with Crippen LogP contribution in [0.4, 0.5) is 0 Å². The molecule has 1 aliphatic rings. The highest BCUT2D eigenvalue weighted by Gasteiger charge is 2.07. The minimum atomic E-state index is -0.333. The maximum atomic E-state index is 9.22. The summed E-state index contributed by atoms with van der Waals surface area (Å²) in [5, 5.41) is 0. The molecule has 0 aromatic rings. The van der Waals surface area contributed by atoms with Crippen molar-refractivity contribution in [2.45, 2.75) is 6.92 Å². The van der Waals surface area contributed by atoms with E-state index in [2.05, 4.69) is 10.6 Å². The Morgan fingerprint density at radius 1 is 1.46 bits per heavy atom. The largest absolute Gasteiger partial charge is 0.379 e. The van der Waals surface area contributed by atoms with E-state index >= 15 is 0 Å². The lowest BCUT2D eigenvalue weighted by Crippen LogP contribution is -2.39. The lowest BCUT2D eigenvalue weighted by Gasteiger charge is -2.25. The van der Waals surface area contributed by atoms with Crippen LogP contribution in [0, 0.1) is 0 Å². The van der Waals surface area contributed by atoms with E-state index in [1.165, 1.54) is 6.92 Å². The molecular weight excluding hydrogens is 170 g/mol. The van der Waals surface area contributed by atoms with Gasteiger partial charge in [-0.1, -0.05) is 0 Å². The second-order valence-corrected chi connectivity index (χ2v) is 2.85. The van der Waals surface area contributed by atoms with Gasteiger partial charge in [-0.05, 0) is 0 Å². The van der Waals surface area contributed by atoms with E-state index in [1.807, 2.05) is 0 Å². The van der Waals surface area contributed by atoms with Gasteiger partial charge in [-0.2, -0.15) is 0 Å². The Kier molecular flexibility index (Phi) is 7.57. The number of ether oxygens (including phenoxy) is 1. The summed E-state index contributed by atoms with van der Waals surface area (Å²) < 4.78 is 5.16. The van der Waals surface area contributed by atoms with Gasteiger partial charge in [0.2, 0.25) is 5.91 Å². The molecule has 1 saturated heterocycles. The Balaban J connectivity index is 0.000000310. The summed E-state index contributed by atoms with van der Waals surface area (Å²) in [5.74, 6) is -0.333. The number of carbonyl (C=O) groups excluding carboxylic acids is 1. The number of carbonyl (C=O) groups is 1. The number of hydrogen-bond acceptors (Lipinski definition) is 4. The zero-order valence-electron chi connectivity index (χ0n) is 8.16. The number of amides is 1. The van der Waals surface area contributed by atoms with Gasteiger partial charge in [0.1, 0.15) is 0 Å². The number of primary amides is 1. The number of rotatable bonds is 2. The molecule has 5 nitrogen and oxygen atoms in total. The van der Waals surface area contributed by atoms with Crippen LogP contribution in [0.15, 0.2) is 0 Å². The molecule has 0 saturated carbocycles. The average Bonchev–Trinajstić information content (AvgIpc) is 2.06. The molecular formula is C8H19N3O2. The average molecular weight is 189 g/mol. The third-order valence-electron chi connectivity index (χ3n) is 1.55. The van der Waals surface area contributed by atoms with Gasteiger partial charge in [0.05, 0.1) is 13.2 Å². The molecule has 0 unspecified atom stereocenters. The maximum Gasteiger partial charge on any atom is 0.214 e. The molecule has 1 rings (SSSR count). The Morgan fingerprint density at radius 3 is 2.31 bits per heavy atom. The quantitative estimate of drug-likeness (QED) is 0.570. The standard InChI is InChI=1S/C6H14N2O.C2H5NO/c7-1-2-8-3-5-9-6-4-8;1-2(3)4/h1-7H2;1H3,(H2,3,4). The molecule has 0 bridgehead atoms. The summed E-state index contributed by atoms with van der Waals surface area (Å²) in [6, 6.07) is 0. The van der Waals surface area contributed by atoms with Gasteiger partial charge in [-0.3, -0.25) is 9.69 Å². The molecule has 78 valence electrons. The summed E-state index contributed by atoms with van der Waals surface area (Å²) in [7, 11) is 0. The summed E-state index contributed by atoms with van der Waals surface area (Å²) in [6.45, 7) is 6.94. The number of nitrogens with two attached hydrogens (primary N) is 2. The van der Waals surface area contributed by atoms with Crippen LogP contribution < -0.4 is 11.5 Å². The van der Waals surface area contributed by atoms with E-state index in [0.29, 0.717) is 0 Å². The van der Waals surface area contributed by atoms with Crippen LogP contribution in [0.5, 0.6) is 0 Å². The Morgan fingerprint density at radius 2 is 1.92 bits per heavy atom. The predicted octanol–water partition coefficient (Wildman–Crippen LogP) is -1.23. The smallest absolute Gasteiger partial charge is 0.214 e. The van der Waals surface area contributed by atoms with Crippen molar-refractivity contribution in [3.8, 4) is 0 Å². The minimum Gasteiger partial charge on any atom is -0.379 e. The third-order valence-corrected chi connectivity index (χ3v) is 1.55. The molecule has 13 heavy (non-hydrogen) atoms. The molecule has 5 heteroatoms. The Bertz CT molecular complexity index is 129. The molecule has 0 aromatic heterocycles. The molecule has 0 aromatic carbocycles. The molecule has 1 amide bonds. The van der Waals surface area contributed by atoms with E-state index in [4.69, 9.17) is 10.5 Å². The van der Waals surface area contributed by atoms with Crippen molar-refractivity contribution < 1.29 is 9.53 Å². The fourth-order valence-electron chi connectivity index (χ4n) is 1.01. The van der Waals surface area contributed by atoms with E-state index in [0.717, 1.165) is 39.4 Å². The second-order valence-electron chi connectivity index (χ2n) is 2.85. The number of morpholine rings is 1. The monoisotopic (exact) mass is 189 g/mol. The van der Waals surface area contributed by atoms with Crippen LogP contribution in [-0.2, 0) is 9.53 Å². The maximum absolute atomic E-state index is 9.22. The van der Waals surface area contributed by atoms with Crippen LogP contribution in [0.2, 0.25) is 0 Å². The fourth-order valence-corrected chi connectivity index (χ4v) is 1.01. The number of hydrogen-bond donors (Lipinski definition) is 2. The summed E-state index contributed by atoms with van der Waals surface area (Å²) in [5.41, 5.74) is 9.85. The molecule has 1 fully saturated rings. The molecule has 1 heterocycles. The second kappa shape index (κ2) is 7.97. The van der Waals surface area contributed by atoms with Crippen LogP contribution in [0.3, 0.4) is 0 Å². The molecule has 0 aliphatic carbocycles. The minimum absolute atomic E-state index is 0.333. The Labute approximate surface area is 79.0 Å². The highest BCUT2D eigenvalue weighted by molar-refractivity contribution is 5.70. The van der Waals surface area contributed by atoms with Crippen molar-refractivity contribution >= 4 is 5.91 Å². The zero-order valence-corrected chi connectivity index (χ0v) is 8.16. The molecule has 0 atom stereocenters. The molecule has 0 spiro atoms. The highest BCUT2D eigenvalue weighted by Crippen LogP contribution is 1.93. The topological polar surface area (TPSA) is 81.6 Å². The lowest BCUT2D eigenvalue weighted by molar-refractivity contribution is -0.115. The number of nitrogens with zero attached hydrogens (tertiary/aromatic N) is 1. The van der Waals surface area contributed by atoms with Crippen molar-refractivity contribution in [2.24, 2.45) is 11.5 Å². The van der Waals surface area contributed by atoms with Gasteiger partial charge in [0, 0.05) is 33.1 Å². The van der Waals surface area contributed by atoms with Crippen molar-refractivity contribution in [1.29, 1.82) is 0 Å². The van der Waals surface area contributed by atoms with Gasteiger partial charge in [-0.15, -0.1) is 0 Å². The first kappa shape index (κ1) is 12.3. The van der Waals surface area contributed by atoms with E-state index in [-0.39, 0.29) is 5.91 Å². The first-order valence-corrected chi connectivity index (χ1v) is 4.43. The van der Waals surface area contributed by atoms with Gasteiger partial charge in [0.25, 0.3) is 0 Å². The third kappa shape index (κ3) is 9.26. The first-order valence-electron chi connectivity index (χ1n) is 4.43. The van der Waals surface area contributed by atoms with Crippen LogP contribution in [0.1, 0.15) is 6.92 Å². The fraction of sp³-hybridized carbons (Fsp3) is 0.875. The summed E-state index contributed by atoms with van der Waals surface area (Å²) in [6.07, 6.45) is 0. The normalized spacial score (nSPS) is 17.4. The zero-order chi connectivity index (χ0) is 10.1. The van der Waals surface area contributed by atoms with E-state index in [1.54, 1.807) is 0 Å². The van der Waals surface area contributed by atoms with E-state index < -0.39 is 0 Å². The van der Waals surface area contributed by atoms with Crippen LogP contribution in [0.25, 0.3) is 0 Å². The van der Waals surface area contributed by atoms with Crippen LogP contribution >= 0.6 is 0 Å². The highest BCUT2D eigenvalue weighted by atomic mass is 16.5. The van der Waals surface area contributed by atoms with Crippen molar-refractivity contribution in [3.05, 3.63) is 0 Å². The van der Waals surface area contributed by atoms with Crippen molar-refractivity contribution in [2.75, 3.05) is 39.4 Å². The van der Waals surface area contributed by atoms with Crippen molar-refractivity contribution in [3.63, 3.8) is 0 Å². The first-order chi connectivity index (χ1) is 6.16. The molecule has 1 aliphatic heterocycles. The van der Waals surface area contributed by atoms with Gasteiger partial charge in [-0.25, -0.2) is 0 Å².